The van der Waals surface area contributed by atoms with E-state index < -0.39 is 0 Å². The lowest BCUT2D eigenvalue weighted by Crippen LogP contribution is -2.50. The number of ether oxygens (including phenoxy) is 1. The summed E-state index contributed by atoms with van der Waals surface area (Å²) in [6, 6.07) is 0. The lowest BCUT2D eigenvalue weighted by molar-refractivity contribution is -0.149. The van der Waals surface area contributed by atoms with Crippen molar-refractivity contribution in [1.29, 1.82) is 0 Å². The van der Waals surface area contributed by atoms with Crippen LogP contribution in [0.25, 0.3) is 0 Å². The summed E-state index contributed by atoms with van der Waals surface area (Å²) < 4.78 is 5.09. The van der Waals surface area contributed by atoms with Gasteiger partial charge in [0.2, 0.25) is 0 Å². The topological polar surface area (TPSA) is 60.4 Å². The second-order valence-electron chi connectivity index (χ2n) is 10.9. The van der Waals surface area contributed by atoms with E-state index in [1.807, 2.05) is 6.08 Å². The number of hydrogen-bond acceptors (Lipinski definition) is 4. The highest BCUT2D eigenvalue weighted by Crippen LogP contribution is 2.66. The van der Waals surface area contributed by atoms with Crippen molar-refractivity contribution in [3.63, 3.8) is 0 Å². The van der Waals surface area contributed by atoms with Gasteiger partial charge in [0, 0.05) is 18.3 Å². The van der Waals surface area contributed by atoms with Gasteiger partial charge in [-0.3, -0.25) is 14.4 Å². The summed E-state index contributed by atoms with van der Waals surface area (Å²) in [5.41, 5.74) is 1.35. The monoisotopic (exact) mass is 428 g/mol. The van der Waals surface area contributed by atoms with E-state index in [1.165, 1.54) is 25.3 Å². The molecule has 0 unspecified atom stereocenters. The average molecular weight is 429 g/mol. The Morgan fingerprint density at radius 1 is 1.03 bits per heavy atom. The van der Waals surface area contributed by atoms with Gasteiger partial charge in [0.25, 0.3) is 0 Å². The van der Waals surface area contributed by atoms with Gasteiger partial charge < -0.3 is 4.74 Å². The van der Waals surface area contributed by atoms with Gasteiger partial charge in [-0.05, 0) is 99.4 Å². The van der Waals surface area contributed by atoms with Crippen LogP contribution in [0.1, 0.15) is 91.9 Å². The van der Waals surface area contributed by atoms with Crippen molar-refractivity contribution in [3.8, 4) is 0 Å². The fraction of sp³-hybridized carbons (Fsp3) is 0.815. The van der Waals surface area contributed by atoms with E-state index in [0.717, 1.165) is 51.4 Å². The van der Waals surface area contributed by atoms with Gasteiger partial charge in [-0.15, -0.1) is 0 Å². The fourth-order valence-electron chi connectivity index (χ4n) is 8.47. The van der Waals surface area contributed by atoms with Crippen LogP contribution in [0.3, 0.4) is 0 Å². The van der Waals surface area contributed by atoms with E-state index in [0.29, 0.717) is 29.5 Å². The van der Waals surface area contributed by atoms with Gasteiger partial charge in [0.05, 0.1) is 0 Å². The number of carbonyl (C=O) groups is 3. The minimum absolute atomic E-state index is 0.0399. The number of hydrogen-bond donors (Lipinski definition) is 0. The van der Waals surface area contributed by atoms with E-state index in [2.05, 4.69) is 20.8 Å². The Labute approximate surface area is 187 Å². The van der Waals surface area contributed by atoms with Crippen LogP contribution in [-0.4, -0.2) is 24.1 Å². The van der Waals surface area contributed by atoms with E-state index >= 15 is 0 Å². The van der Waals surface area contributed by atoms with E-state index in [4.69, 9.17) is 4.74 Å². The Kier molecular flexibility index (Phi) is 6.22. The number of Topliss-reactive ketones (excluding diaryl/α,β-unsaturated/α-hetero) is 1. The Bertz CT molecular complexity index is 776. The Balaban J connectivity index is 1.58. The SMILES string of the molecule is CCC1(CC)C[C@H]2C(=CC1=O)CC[C@@H]1[C@@H]2CC[C@]2(CC)[C@@H](C(=O)COC(C)=O)CC[C@@H]12. The summed E-state index contributed by atoms with van der Waals surface area (Å²) in [4.78, 5) is 37.2. The van der Waals surface area contributed by atoms with Crippen molar-refractivity contribution in [2.45, 2.75) is 91.9 Å². The van der Waals surface area contributed by atoms with Crippen molar-refractivity contribution >= 4 is 17.5 Å². The zero-order chi connectivity index (χ0) is 22.4. The molecule has 0 aromatic carbocycles. The van der Waals surface area contributed by atoms with Gasteiger partial charge in [-0.2, -0.15) is 0 Å². The molecule has 4 aliphatic carbocycles. The summed E-state index contributed by atoms with van der Waals surface area (Å²) in [5, 5.41) is 0. The van der Waals surface area contributed by atoms with Crippen molar-refractivity contribution in [2.75, 3.05) is 6.61 Å². The average Bonchev–Trinajstić information content (AvgIpc) is 3.17. The summed E-state index contributed by atoms with van der Waals surface area (Å²) in [5.74, 6) is 2.66. The van der Waals surface area contributed by atoms with Crippen LogP contribution < -0.4 is 0 Å². The summed E-state index contributed by atoms with van der Waals surface area (Å²) in [6.07, 6.45) is 12.6. The third kappa shape index (κ3) is 3.53. The van der Waals surface area contributed by atoms with Gasteiger partial charge in [-0.1, -0.05) is 26.3 Å². The van der Waals surface area contributed by atoms with Crippen LogP contribution in [0, 0.1) is 40.4 Å². The molecule has 31 heavy (non-hydrogen) atoms. The van der Waals surface area contributed by atoms with Crippen LogP contribution in [0.4, 0.5) is 0 Å². The first-order chi connectivity index (χ1) is 14.8. The molecule has 0 spiro atoms. The molecule has 0 heterocycles. The molecule has 0 aromatic rings. The first kappa shape index (κ1) is 22.7. The van der Waals surface area contributed by atoms with E-state index in [-0.39, 0.29) is 35.1 Å². The van der Waals surface area contributed by atoms with Crippen molar-refractivity contribution in [2.24, 2.45) is 40.4 Å². The van der Waals surface area contributed by atoms with Crippen LogP contribution in [0.2, 0.25) is 0 Å². The first-order valence-corrected chi connectivity index (χ1v) is 12.7. The molecule has 0 aliphatic heterocycles. The van der Waals surface area contributed by atoms with E-state index in [1.54, 1.807) is 0 Å². The van der Waals surface area contributed by atoms with Gasteiger partial charge in [0.1, 0.15) is 6.61 Å². The number of rotatable bonds is 6. The summed E-state index contributed by atoms with van der Waals surface area (Å²) in [7, 11) is 0. The molecule has 4 aliphatic rings. The minimum Gasteiger partial charge on any atom is -0.458 e. The minimum atomic E-state index is -0.370. The zero-order valence-electron chi connectivity index (χ0n) is 19.9. The summed E-state index contributed by atoms with van der Waals surface area (Å²) >= 11 is 0. The molecule has 4 heteroatoms. The molecule has 0 bridgehead atoms. The molecule has 4 nitrogen and oxygen atoms in total. The van der Waals surface area contributed by atoms with Crippen LogP contribution >= 0.6 is 0 Å². The maximum absolute atomic E-state index is 13.0. The zero-order valence-corrected chi connectivity index (χ0v) is 19.9. The van der Waals surface area contributed by atoms with Crippen molar-refractivity contribution in [1.82, 2.24) is 0 Å². The maximum Gasteiger partial charge on any atom is 0.303 e. The van der Waals surface area contributed by atoms with Gasteiger partial charge in [-0.25, -0.2) is 0 Å². The third-order valence-corrected chi connectivity index (χ3v) is 10.2. The third-order valence-electron chi connectivity index (χ3n) is 10.2. The summed E-state index contributed by atoms with van der Waals surface area (Å²) in [6.45, 7) is 7.94. The number of carbonyl (C=O) groups excluding carboxylic acids is 3. The van der Waals surface area contributed by atoms with Crippen molar-refractivity contribution < 1.29 is 19.1 Å². The van der Waals surface area contributed by atoms with E-state index in [9.17, 15) is 14.4 Å². The molecule has 0 aromatic heterocycles. The van der Waals surface area contributed by atoms with Crippen LogP contribution in [0.15, 0.2) is 11.6 Å². The number of esters is 1. The highest BCUT2D eigenvalue weighted by molar-refractivity contribution is 5.96. The lowest BCUT2D eigenvalue weighted by atomic mass is 9.48. The Morgan fingerprint density at radius 3 is 2.42 bits per heavy atom. The molecule has 6 atom stereocenters. The van der Waals surface area contributed by atoms with Crippen LogP contribution in [0.5, 0.6) is 0 Å². The molecular weight excluding hydrogens is 388 g/mol. The normalized spacial score (nSPS) is 38.5. The predicted octanol–water partition coefficient (Wildman–Crippen LogP) is 5.68. The molecule has 172 valence electrons. The molecule has 4 rings (SSSR count). The molecular formula is C27H40O4. The molecule has 3 saturated carbocycles. The molecule has 0 radical (unpaired) electrons. The Hall–Kier alpha value is -1.45. The van der Waals surface area contributed by atoms with Gasteiger partial charge in [0.15, 0.2) is 11.6 Å². The second-order valence-corrected chi connectivity index (χ2v) is 10.9. The molecule has 0 N–H and O–H groups in total. The highest BCUT2D eigenvalue weighted by atomic mass is 16.5. The smallest absolute Gasteiger partial charge is 0.303 e. The fourth-order valence-corrected chi connectivity index (χ4v) is 8.47. The standard InChI is InChI=1S/C27H40O4/c1-5-26(6-2)15-21-18(14-25(26)30)8-9-20-19(21)12-13-27(7-3)22(20)10-11-23(27)24(29)16-31-17(4)28/h14,19-23H,5-13,15-16H2,1-4H3/t19-,20+,21-,22-,23+,27-/m0/s1. The predicted molar refractivity (Wildman–Crippen MR) is 120 cm³/mol. The van der Waals surface area contributed by atoms with Gasteiger partial charge >= 0.3 is 5.97 Å². The molecule has 3 fully saturated rings. The largest absolute Gasteiger partial charge is 0.458 e. The molecule has 0 saturated heterocycles. The highest BCUT2D eigenvalue weighted by Gasteiger charge is 2.60. The van der Waals surface area contributed by atoms with Crippen LogP contribution in [-0.2, 0) is 19.1 Å². The first-order valence-electron chi connectivity index (χ1n) is 12.7. The Morgan fingerprint density at radius 2 is 1.77 bits per heavy atom. The number of allylic oxidation sites excluding steroid dienone is 1. The number of ketones is 2. The second kappa shape index (κ2) is 8.48. The maximum atomic E-state index is 13.0. The lowest BCUT2D eigenvalue weighted by Gasteiger charge is -2.56. The molecule has 0 amide bonds. The van der Waals surface area contributed by atoms with Crippen molar-refractivity contribution in [3.05, 3.63) is 11.6 Å². The quantitative estimate of drug-likeness (QED) is 0.510. The number of fused-ring (bicyclic) bond motifs is 5.